The first kappa shape index (κ1) is 20.0. The maximum Gasteiger partial charge on any atom is 0.341 e. The average Bonchev–Trinajstić information content (AvgIpc) is 2.98. The molecule has 2 aromatic rings. The van der Waals surface area contributed by atoms with E-state index in [9.17, 15) is 19.7 Å². The molecule has 1 unspecified atom stereocenters. The van der Waals surface area contributed by atoms with Gasteiger partial charge in [0.05, 0.1) is 23.5 Å². The number of rotatable bonds is 6. The molecule has 0 fully saturated rings. The van der Waals surface area contributed by atoms with Crippen molar-refractivity contribution in [3.63, 3.8) is 0 Å². The molecule has 1 heterocycles. The van der Waals surface area contributed by atoms with E-state index < -0.39 is 16.8 Å². The van der Waals surface area contributed by atoms with Crippen LogP contribution in [-0.4, -0.2) is 23.4 Å². The Morgan fingerprint density at radius 1 is 1.36 bits per heavy atom. The van der Waals surface area contributed by atoms with Crippen LogP contribution in [0.2, 0.25) is 0 Å². The number of carbonyl (C=O) groups excluding carboxylic acids is 2. The van der Waals surface area contributed by atoms with Crippen LogP contribution in [-0.2, 0) is 28.8 Å². The second-order valence-electron chi connectivity index (χ2n) is 6.89. The number of ether oxygens (including phenoxy) is 1. The van der Waals surface area contributed by atoms with Gasteiger partial charge in [-0.2, -0.15) is 0 Å². The Kier molecular flexibility index (Phi) is 6.08. The molecule has 0 aliphatic heterocycles. The molecule has 148 valence electrons. The van der Waals surface area contributed by atoms with Gasteiger partial charge in [0.15, 0.2) is 0 Å². The van der Waals surface area contributed by atoms with Gasteiger partial charge in [-0.15, -0.1) is 11.3 Å². The van der Waals surface area contributed by atoms with Crippen LogP contribution in [0.15, 0.2) is 24.3 Å². The van der Waals surface area contributed by atoms with E-state index in [0.717, 1.165) is 29.7 Å². The van der Waals surface area contributed by atoms with E-state index in [4.69, 9.17) is 4.74 Å². The SMILES string of the molecule is CCOC(=O)c1c(NC(=O)Cc2ccccc2[N+](=O)[O-])sc2c1CCC(C)C2. The standard InChI is InChI=1S/C20H22N2O5S/c1-3-27-20(24)18-14-9-8-12(2)10-16(14)28-19(18)21-17(23)11-13-6-4-5-7-15(13)22(25)26/h4-7,12H,3,8-11H2,1-2H3,(H,21,23). The number of carbonyl (C=O) groups is 2. The van der Waals surface area contributed by atoms with Crippen LogP contribution < -0.4 is 5.32 Å². The van der Waals surface area contributed by atoms with Crippen molar-refractivity contribution in [1.29, 1.82) is 0 Å². The van der Waals surface area contributed by atoms with E-state index >= 15 is 0 Å². The third-order valence-corrected chi connectivity index (χ3v) is 5.95. The van der Waals surface area contributed by atoms with Gasteiger partial charge in [-0.25, -0.2) is 4.79 Å². The van der Waals surface area contributed by atoms with Crippen molar-refractivity contribution in [3.05, 3.63) is 55.9 Å². The summed E-state index contributed by atoms with van der Waals surface area (Å²) in [6.07, 6.45) is 2.49. The predicted octanol–water partition coefficient (Wildman–Crippen LogP) is 4.14. The largest absolute Gasteiger partial charge is 0.462 e. The highest BCUT2D eigenvalue weighted by Gasteiger charge is 2.29. The van der Waals surface area contributed by atoms with E-state index in [1.165, 1.54) is 17.4 Å². The third kappa shape index (κ3) is 4.22. The smallest absolute Gasteiger partial charge is 0.341 e. The van der Waals surface area contributed by atoms with E-state index in [-0.39, 0.29) is 18.7 Å². The first-order valence-electron chi connectivity index (χ1n) is 9.24. The maximum absolute atomic E-state index is 12.6. The van der Waals surface area contributed by atoms with Crippen molar-refractivity contribution in [1.82, 2.24) is 0 Å². The molecule has 28 heavy (non-hydrogen) atoms. The van der Waals surface area contributed by atoms with Crippen LogP contribution in [0.4, 0.5) is 10.7 Å². The Morgan fingerprint density at radius 3 is 2.82 bits per heavy atom. The zero-order valence-corrected chi connectivity index (χ0v) is 16.6. The summed E-state index contributed by atoms with van der Waals surface area (Å²) in [5, 5.41) is 14.4. The van der Waals surface area contributed by atoms with E-state index in [2.05, 4.69) is 12.2 Å². The van der Waals surface area contributed by atoms with Gasteiger partial charge in [-0.3, -0.25) is 14.9 Å². The molecule has 3 rings (SSSR count). The topological polar surface area (TPSA) is 98.5 Å². The van der Waals surface area contributed by atoms with Gasteiger partial charge in [-0.1, -0.05) is 25.1 Å². The fraction of sp³-hybridized carbons (Fsp3) is 0.400. The van der Waals surface area contributed by atoms with Crippen LogP contribution in [0.25, 0.3) is 0 Å². The summed E-state index contributed by atoms with van der Waals surface area (Å²) < 4.78 is 5.20. The molecular formula is C20H22N2O5S. The maximum atomic E-state index is 12.6. The molecule has 1 amide bonds. The average molecular weight is 402 g/mol. The molecule has 0 radical (unpaired) electrons. The molecule has 1 aliphatic rings. The number of nitrogens with zero attached hydrogens (tertiary/aromatic N) is 1. The number of benzene rings is 1. The van der Waals surface area contributed by atoms with Gasteiger partial charge in [0.2, 0.25) is 5.91 Å². The number of nitrogens with one attached hydrogen (secondary N) is 1. The molecule has 7 nitrogen and oxygen atoms in total. The van der Waals surface area contributed by atoms with Crippen molar-refractivity contribution < 1.29 is 19.2 Å². The van der Waals surface area contributed by atoms with E-state index in [0.29, 0.717) is 22.0 Å². The van der Waals surface area contributed by atoms with Crippen LogP contribution in [0, 0.1) is 16.0 Å². The fourth-order valence-corrected chi connectivity index (χ4v) is 4.86. The summed E-state index contributed by atoms with van der Waals surface area (Å²) in [4.78, 5) is 36.8. The summed E-state index contributed by atoms with van der Waals surface area (Å²) in [6.45, 7) is 4.16. The number of para-hydroxylation sites is 1. The van der Waals surface area contributed by atoms with Gasteiger partial charge in [0.25, 0.3) is 5.69 Å². The summed E-state index contributed by atoms with van der Waals surface area (Å²) in [7, 11) is 0. The van der Waals surface area contributed by atoms with Gasteiger partial charge >= 0.3 is 5.97 Å². The van der Waals surface area contributed by atoms with Crippen molar-refractivity contribution in [2.24, 2.45) is 5.92 Å². The highest BCUT2D eigenvalue weighted by Crippen LogP contribution is 2.40. The first-order chi connectivity index (χ1) is 13.4. The number of esters is 1. The Hall–Kier alpha value is -2.74. The highest BCUT2D eigenvalue weighted by atomic mass is 32.1. The number of anilines is 1. The molecule has 1 aromatic heterocycles. The molecule has 1 atom stereocenters. The van der Waals surface area contributed by atoms with Crippen molar-refractivity contribution in [2.45, 2.75) is 39.5 Å². The summed E-state index contributed by atoms with van der Waals surface area (Å²) >= 11 is 1.40. The van der Waals surface area contributed by atoms with Gasteiger partial charge in [0, 0.05) is 16.5 Å². The lowest BCUT2D eigenvalue weighted by Gasteiger charge is -2.18. The Bertz CT molecular complexity index is 921. The second-order valence-corrected chi connectivity index (χ2v) is 7.99. The number of hydrogen-bond acceptors (Lipinski definition) is 6. The number of nitro benzene ring substituents is 1. The first-order valence-corrected chi connectivity index (χ1v) is 10.1. The third-order valence-electron chi connectivity index (χ3n) is 4.78. The minimum Gasteiger partial charge on any atom is -0.462 e. The molecule has 1 aliphatic carbocycles. The normalized spacial score (nSPS) is 15.6. The zero-order valence-electron chi connectivity index (χ0n) is 15.8. The van der Waals surface area contributed by atoms with Crippen LogP contribution in [0.3, 0.4) is 0 Å². The molecule has 0 spiro atoms. The molecule has 1 aromatic carbocycles. The Labute approximate surface area is 166 Å². The molecule has 8 heteroatoms. The number of amides is 1. The summed E-state index contributed by atoms with van der Waals surface area (Å²) in [6, 6.07) is 6.15. The summed E-state index contributed by atoms with van der Waals surface area (Å²) in [5.74, 6) is -0.307. The lowest BCUT2D eigenvalue weighted by Crippen LogP contribution is -2.18. The molecular weight excluding hydrogens is 380 g/mol. The number of thiophene rings is 1. The van der Waals surface area contributed by atoms with Crippen molar-refractivity contribution in [2.75, 3.05) is 11.9 Å². The number of hydrogen-bond donors (Lipinski definition) is 1. The van der Waals surface area contributed by atoms with E-state index in [1.54, 1.807) is 25.1 Å². The molecule has 0 bridgehead atoms. The Balaban J connectivity index is 1.86. The summed E-state index contributed by atoms with van der Waals surface area (Å²) in [5.41, 5.74) is 1.63. The van der Waals surface area contributed by atoms with Crippen molar-refractivity contribution in [3.8, 4) is 0 Å². The molecule has 0 saturated carbocycles. The van der Waals surface area contributed by atoms with Crippen LogP contribution >= 0.6 is 11.3 Å². The lowest BCUT2D eigenvalue weighted by molar-refractivity contribution is -0.385. The van der Waals surface area contributed by atoms with E-state index in [1.807, 2.05) is 0 Å². The van der Waals surface area contributed by atoms with Gasteiger partial charge < -0.3 is 10.1 Å². The minimum atomic E-state index is -0.502. The molecule has 1 N–H and O–H groups in total. The minimum absolute atomic E-state index is 0.0948. The predicted molar refractivity (Wildman–Crippen MR) is 107 cm³/mol. The number of nitro groups is 1. The van der Waals surface area contributed by atoms with Gasteiger partial charge in [-0.05, 0) is 37.7 Å². The zero-order chi connectivity index (χ0) is 20.3. The van der Waals surface area contributed by atoms with Gasteiger partial charge in [0.1, 0.15) is 5.00 Å². The van der Waals surface area contributed by atoms with Crippen LogP contribution in [0.5, 0.6) is 0 Å². The fourth-order valence-electron chi connectivity index (χ4n) is 3.44. The van der Waals surface area contributed by atoms with Crippen LogP contribution in [0.1, 0.15) is 46.6 Å². The number of fused-ring (bicyclic) bond motifs is 1. The monoisotopic (exact) mass is 402 g/mol. The Morgan fingerprint density at radius 2 is 2.11 bits per heavy atom. The quantitative estimate of drug-likeness (QED) is 0.445. The second kappa shape index (κ2) is 8.52. The lowest BCUT2D eigenvalue weighted by atomic mass is 9.88. The van der Waals surface area contributed by atoms with Crippen molar-refractivity contribution >= 4 is 33.9 Å². The molecule has 0 saturated heterocycles. The highest BCUT2D eigenvalue weighted by molar-refractivity contribution is 7.17.